The minimum atomic E-state index is 0.685. The summed E-state index contributed by atoms with van der Waals surface area (Å²) in [5, 5.41) is 0. The van der Waals surface area contributed by atoms with Crippen LogP contribution in [0.2, 0.25) is 0 Å². The maximum Gasteiger partial charge on any atom is 0.127 e. The maximum atomic E-state index is 4.43. The first kappa shape index (κ1) is 5.96. The fourth-order valence-electron chi connectivity index (χ4n) is 0.728. The van der Waals surface area contributed by atoms with Crippen molar-refractivity contribution in [2.24, 2.45) is 0 Å². The first-order chi connectivity index (χ1) is 5.47. The van der Waals surface area contributed by atoms with Crippen LogP contribution in [0.5, 0.6) is 0 Å². The lowest BCUT2D eigenvalue weighted by Gasteiger charge is -1.88. The molecule has 58 valence electrons. The molecule has 0 aliphatic rings. The Morgan fingerprint density at radius 1 is 0.909 bits per heavy atom. The molecule has 0 bridgehead atoms. The molecule has 0 spiro atoms. The van der Waals surface area contributed by atoms with E-state index in [1.807, 2.05) is 18.2 Å². The number of rotatable bonds is 1. The van der Waals surface area contributed by atoms with E-state index in [-0.39, 0.29) is 0 Å². The van der Waals surface area contributed by atoms with E-state index >= 15 is 0 Å². The summed E-state index contributed by atoms with van der Waals surface area (Å²) in [6.07, 6.45) is 0. The summed E-state index contributed by atoms with van der Waals surface area (Å²) in [6, 6.07) is 9.10. The number of benzene rings is 1. The Balaban J connectivity index is 2.46. The average Bonchev–Trinajstić information content (AvgIpc) is 2.58. The van der Waals surface area contributed by atoms with Crippen LogP contribution < -0.4 is 0 Å². The van der Waals surface area contributed by atoms with Crippen molar-refractivity contribution in [3.05, 3.63) is 30.3 Å². The zero-order valence-electron chi connectivity index (χ0n) is 5.47. The third-order valence-corrected chi connectivity index (χ3v) is 1.19. The second kappa shape index (κ2) is 2.45. The van der Waals surface area contributed by atoms with Gasteiger partial charge in [-0.3, -0.25) is 0 Å². The van der Waals surface area contributed by atoms with Crippen molar-refractivity contribution in [1.82, 2.24) is 4.91 Å². The van der Waals surface area contributed by atoms with E-state index in [1.165, 1.54) is 0 Å². The van der Waals surface area contributed by atoms with Crippen LogP contribution in [-0.4, -0.2) is 4.91 Å². The summed E-state index contributed by atoms with van der Waals surface area (Å²) >= 11 is 0. The molecule has 1 aromatic carbocycles. The Bertz CT molecular complexity index is 318. The molecule has 2 rings (SSSR count). The number of nitrogens with zero attached hydrogens (tertiary/aromatic N) is 1. The van der Waals surface area contributed by atoms with Gasteiger partial charge < -0.3 is 0 Å². The Morgan fingerprint density at radius 2 is 1.55 bits per heavy atom. The van der Waals surface area contributed by atoms with Crippen molar-refractivity contribution >= 4 is 0 Å². The van der Waals surface area contributed by atoms with Crippen LogP contribution in [0.1, 0.15) is 0 Å². The van der Waals surface area contributed by atoms with Crippen molar-refractivity contribution in [2.75, 3.05) is 0 Å². The van der Waals surface area contributed by atoms with Gasteiger partial charge in [-0.2, -0.15) is 0 Å². The molecule has 5 nitrogen and oxygen atoms in total. The van der Waals surface area contributed by atoms with Crippen LogP contribution in [-0.2, 0) is 0 Å². The highest BCUT2D eigenvalue weighted by molar-refractivity contribution is 5.26. The number of para-hydroxylation sites is 1. The maximum absolute atomic E-state index is 4.43. The molecule has 1 heterocycles. The standard InChI is InChI=1S/C6H5NO4/c1-2-4-6(5-3-1)7-8-10-11-9-7/h1-5H. The van der Waals surface area contributed by atoms with E-state index in [2.05, 4.69) is 18.8 Å². The van der Waals surface area contributed by atoms with E-state index in [9.17, 15) is 0 Å². The molecule has 0 aliphatic heterocycles. The zero-order valence-corrected chi connectivity index (χ0v) is 5.47. The van der Waals surface area contributed by atoms with Gasteiger partial charge in [-0.15, -0.1) is 9.36 Å². The second-order valence-electron chi connectivity index (χ2n) is 1.88. The smallest absolute Gasteiger partial charge is 0.110 e. The molecular formula is C6H5NO4. The molecule has 0 amide bonds. The highest BCUT2D eigenvalue weighted by Gasteiger charge is 1.98. The predicted molar refractivity (Wildman–Crippen MR) is 32.5 cm³/mol. The van der Waals surface area contributed by atoms with Gasteiger partial charge in [-0.05, 0) is 21.6 Å². The molecule has 0 saturated heterocycles. The Morgan fingerprint density at radius 3 is 2.18 bits per heavy atom. The van der Waals surface area contributed by atoms with Gasteiger partial charge in [0, 0.05) is 0 Å². The van der Waals surface area contributed by atoms with Gasteiger partial charge in [0.15, 0.2) is 0 Å². The predicted octanol–water partition coefficient (Wildman–Crippen LogP) is 1.97. The van der Waals surface area contributed by atoms with E-state index in [0.717, 1.165) is 4.91 Å². The van der Waals surface area contributed by atoms with Crippen LogP contribution in [0, 0.1) is 0 Å². The fraction of sp³-hybridized carbons (Fsp3) is 0. The van der Waals surface area contributed by atoms with Gasteiger partial charge in [0.2, 0.25) is 0 Å². The van der Waals surface area contributed by atoms with Crippen LogP contribution >= 0.6 is 0 Å². The van der Waals surface area contributed by atoms with Gasteiger partial charge >= 0.3 is 0 Å². The average molecular weight is 155 g/mol. The molecule has 0 fully saturated rings. The molecule has 0 N–H and O–H groups in total. The largest absolute Gasteiger partial charge is 0.127 e. The highest BCUT2D eigenvalue weighted by atomic mass is 17.5. The lowest BCUT2D eigenvalue weighted by Crippen LogP contribution is -1.86. The molecular weight excluding hydrogens is 150 g/mol. The summed E-state index contributed by atoms with van der Waals surface area (Å²) in [5.41, 5.74) is 0.685. The van der Waals surface area contributed by atoms with Gasteiger partial charge in [0.05, 0.1) is 4.91 Å². The van der Waals surface area contributed by atoms with Gasteiger partial charge in [0.1, 0.15) is 5.69 Å². The lowest BCUT2D eigenvalue weighted by atomic mass is 10.3. The van der Waals surface area contributed by atoms with E-state index in [4.69, 9.17) is 0 Å². The van der Waals surface area contributed by atoms with E-state index < -0.39 is 0 Å². The summed E-state index contributed by atoms with van der Waals surface area (Å²) in [4.78, 5) is 1.00. The van der Waals surface area contributed by atoms with Crippen LogP contribution in [0.3, 0.4) is 0 Å². The number of hydrogen-bond acceptors (Lipinski definition) is 4. The molecule has 2 aromatic rings. The molecule has 0 unspecified atom stereocenters. The summed E-state index contributed by atoms with van der Waals surface area (Å²) < 4.78 is 16.9. The third kappa shape index (κ3) is 1.07. The quantitative estimate of drug-likeness (QED) is 0.590. The second-order valence-corrected chi connectivity index (χ2v) is 1.88. The van der Waals surface area contributed by atoms with Crippen molar-refractivity contribution in [2.45, 2.75) is 0 Å². The summed E-state index contributed by atoms with van der Waals surface area (Å²) in [5.74, 6) is 0. The van der Waals surface area contributed by atoms with Crippen LogP contribution in [0.4, 0.5) is 0 Å². The molecule has 0 radical (unpaired) electrons. The van der Waals surface area contributed by atoms with E-state index in [1.54, 1.807) is 12.1 Å². The Kier molecular flexibility index (Phi) is 1.33. The minimum absolute atomic E-state index is 0.685. The van der Waals surface area contributed by atoms with Crippen molar-refractivity contribution < 1.29 is 18.8 Å². The van der Waals surface area contributed by atoms with Gasteiger partial charge in [0.25, 0.3) is 0 Å². The highest BCUT2D eigenvalue weighted by Crippen LogP contribution is 2.05. The molecule has 11 heavy (non-hydrogen) atoms. The monoisotopic (exact) mass is 155 g/mol. The number of aromatic nitrogens is 1. The van der Waals surface area contributed by atoms with Crippen LogP contribution in [0.25, 0.3) is 5.69 Å². The summed E-state index contributed by atoms with van der Waals surface area (Å²) in [7, 11) is 0. The first-order valence-corrected chi connectivity index (χ1v) is 3.00. The number of hydrogen-bond donors (Lipinski definition) is 0. The Labute approximate surface area is 60.8 Å². The molecule has 5 heteroatoms. The zero-order chi connectivity index (χ0) is 7.52. The first-order valence-electron chi connectivity index (χ1n) is 3.00. The minimum Gasteiger partial charge on any atom is -0.110 e. The van der Waals surface area contributed by atoms with Crippen molar-refractivity contribution in [3.63, 3.8) is 0 Å². The molecule has 0 saturated carbocycles. The Hall–Kier alpha value is -1.78. The van der Waals surface area contributed by atoms with Crippen molar-refractivity contribution in [1.29, 1.82) is 0 Å². The van der Waals surface area contributed by atoms with Gasteiger partial charge in [-0.1, -0.05) is 18.2 Å². The van der Waals surface area contributed by atoms with E-state index in [0.29, 0.717) is 5.69 Å². The fourth-order valence-corrected chi connectivity index (χ4v) is 0.728. The molecule has 0 aliphatic carbocycles. The normalized spacial score (nSPS) is 9.82. The topological polar surface area (TPSA) is 57.5 Å². The summed E-state index contributed by atoms with van der Waals surface area (Å²) in [6.45, 7) is 0. The van der Waals surface area contributed by atoms with Gasteiger partial charge in [-0.25, -0.2) is 0 Å². The van der Waals surface area contributed by atoms with Crippen LogP contribution in [0.15, 0.2) is 49.2 Å². The molecule has 1 aromatic heterocycles. The SMILES string of the molecule is c1ccc(-n2oooo2)cc1. The lowest BCUT2D eigenvalue weighted by molar-refractivity contribution is -0.241. The van der Waals surface area contributed by atoms with Crippen molar-refractivity contribution in [3.8, 4) is 5.69 Å². The third-order valence-electron chi connectivity index (χ3n) is 1.19. The molecule has 0 atom stereocenters.